The number of fused-ring (bicyclic) bond motifs is 1. The van der Waals surface area contributed by atoms with Crippen LogP contribution in [0.4, 0.5) is 13.2 Å². The Morgan fingerprint density at radius 1 is 0.952 bits per heavy atom. The molecule has 1 fully saturated rings. The molecule has 0 aromatic heterocycles. The van der Waals surface area contributed by atoms with Crippen LogP contribution in [0.5, 0.6) is 0 Å². The van der Waals surface area contributed by atoms with Gasteiger partial charge in [-0.2, -0.15) is 13.2 Å². The molecule has 0 bridgehead atoms. The van der Waals surface area contributed by atoms with Crippen molar-refractivity contribution in [2.24, 2.45) is 0 Å². The van der Waals surface area contributed by atoms with Gasteiger partial charge in [-0.15, -0.1) is 0 Å². The predicted octanol–water partition coefficient (Wildman–Crippen LogP) is 3.35. The van der Waals surface area contributed by atoms with Crippen LogP contribution in [0.1, 0.15) is 11.6 Å². The van der Waals surface area contributed by atoms with Crippen molar-refractivity contribution in [1.29, 1.82) is 0 Å². The number of rotatable bonds is 2. The van der Waals surface area contributed by atoms with E-state index in [2.05, 4.69) is 5.32 Å². The maximum Gasteiger partial charge on any atom is 0.408 e. The standard InChI is InChI=1S/C16H17F3N2/c17-16(18,19)15(21-10-8-20-9-11-21)14-7-3-5-12-4-1-2-6-13(12)14/h1-7,15,20H,8-11H2/t15-/m0/s1. The van der Waals surface area contributed by atoms with Gasteiger partial charge in [0, 0.05) is 26.2 Å². The van der Waals surface area contributed by atoms with Crippen molar-refractivity contribution in [3.05, 3.63) is 48.0 Å². The van der Waals surface area contributed by atoms with Crippen molar-refractivity contribution in [2.75, 3.05) is 26.2 Å². The normalized spacial score (nSPS) is 18.8. The van der Waals surface area contributed by atoms with E-state index in [4.69, 9.17) is 0 Å². The summed E-state index contributed by atoms with van der Waals surface area (Å²) in [4.78, 5) is 1.53. The second-order valence-electron chi connectivity index (χ2n) is 5.30. The Morgan fingerprint density at radius 2 is 1.62 bits per heavy atom. The smallest absolute Gasteiger partial charge is 0.314 e. The van der Waals surface area contributed by atoms with Gasteiger partial charge >= 0.3 is 6.18 Å². The highest BCUT2D eigenvalue weighted by molar-refractivity contribution is 5.86. The van der Waals surface area contributed by atoms with E-state index in [1.165, 1.54) is 4.90 Å². The molecule has 1 atom stereocenters. The Kier molecular flexibility index (Phi) is 3.87. The SMILES string of the molecule is FC(F)(F)[C@H](c1cccc2ccccc12)N1CCNCC1. The average molecular weight is 294 g/mol. The van der Waals surface area contributed by atoms with Crippen molar-refractivity contribution >= 4 is 10.8 Å². The minimum absolute atomic E-state index is 0.350. The van der Waals surface area contributed by atoms with Crippen molar-refractivity contribution in [3.8, 4) is 0 Å². The van der Waals surface area contributed by atoms with E-state index < -0.39 is 12.2 Å². The fourth-order valence-corrected chi connectivity index (χ4v) is 3.01. The first-order chi connectivity index (χ1) is 10.1. The van der Waals surface area contributed by atoms with Crippen LogP contribution in [0.2, 0.25) is 0 Å². The summed E-state index contributed by atoms with van der Waals surface area (Å²) in [6.45, 7) is 2.01. The van der Waals surface area contributed by atoms with Gasteiger partial charge in [-0.3, -0.25) is 4.90 Å². The summed E-state index contributed by atoms with van der Waals surface area (Å²) in [7, 11) is 0. The molecule has 0 amide bonds. The lowest BCUT2D eigenvalue weighted by Crippen LogP contribution is -2.49. The summed E-state index contributed by atoms with van der Waals surface area (Å²) in [5.41, 5.74) is 0.350. The molecule has 1 heterocycles. The average Bonchev–Trinajstić information content (AvgIpc) is 2.47. The predicted molar refractivity (Wildman–Crippen MR) is 77.2 cm³/mol. The number of nitrogens with one attached hydrogen (secondary N) is 1. The minimum atomic E-state index is -4.28. The molecule has 1 aliphatic heterocycles. The number of benzene rings is 2. The first-order valence-corrected chi connectivity index (χ1v) is 7.06. The number of alkyl halides is 3. The molecular weight excluding hydrogens is 277 g/mol. The summed E-state index contributed by atoms with van der Waals surface area (Å²) in [5.74, 6) is 0. The lowest BCUT2D eigenvalue weighted by molar-refractivity contribution is -0.187. The highest BCUT2D eigenvalue weighted by Crippen LogP contribution is 2.40. The topological polar surface area (TPSA) is 15.3 Å². The second-order valence-corrected chi connectivity index (χ2v) is 5.30. The first-order valence-electron chi connectivity index (χ1n) is 7.06. The number of nitrogens with zero attached hydrogens (tertiary/aromatic N) is 1. The molecule has 0 spiro atoms. The van der Waals surface area contributed by atoms with Crippen LogP contribution in [0, 0.1) is 0 Å². The molecule has 1 N–H and O–H groups in total. The van der Waals surface area contributed by atoms with Gasteiger partial charge in [-0.25, -0.2) is 0 Å². The zero-order valence-electron chi connectivity index (χ0n) is 11.5. The summed E-state index contributed by atoms with van der Waals surface area (Å²) >= 11 is 0. The molecule has 1 aliphatic rings. The van der Waals surface area contributed by atoms with Crippen LogP contribution in [0.25, 0.3) is 10.8 Å². The number of halogens is 3. The maximum atomic E-state index is 13.7. The van der Waals surface area contributed by atoms with E-state index in [1.54, 1.807) is 24.3 Å². The van der Waals surface area contributed by atoms with Crippen LogP contribution in [0.15, 0.2) is 42.5 Å². The molecular formula is C16H17F3N2. The summed E-state index contributed by atoms with van der Waals surface area (Å²) in [6.07, 6.45) is -4.28. The van der Waals surface area contributed by atoms with Gasteiger partial charge in [-0.1, -0.05) is 42.5 Å². The summed E-state index contributed by atoms with van der Waals surface area (Å²) < 4.78 is 41.0. The monoisotopic (exact) mass is 294 g/mol. The Hall–Kier alpha value is -1.59. The van der Waals surface area contributed by atoms with Gasteiger partial charge in [0.25, 0.3) is 0 Å². The zero-order valence-corrected chi connectivity index (χ0v) is 11.5. The van der Waals surface area contributed by atoms with E-state index in [0.717, 1.165) is 5.39 Å². The van der Waals surface area contributed by atoms with Crippen LogP contribution in [-0.4, -0.2) is 37.3 Å². The van der Waals surface area contributed by atoms with Crippen LogP contribution >= 0.6 is 0 Å². The van der Waals surface area contributed by atoms with E-state index in [0.29, 0.717) is 37.1 Å². The molecule has 112 valence electrons. The Bertz CT molecular complexity index is 613. The molecule has 2 aromatic carbocycles. The third-order valence-corrected chi connectivity index (χ3v) is 3.94. The Morgan fingerprint density at radius 3 is 2.33 bits per heavy atom. The van der Waals surface area contributed by atoms with Crippen molar-refractivity contribution < 1.29 is 13.2 Å². The molecule has 0 aliphatic carbocycles. The van der Waals surface area contributed by atoms with Crippen LogP contribution < -0.4 is 5.32 Å². The minimum Gasteiger partial charge on any atom is -0.314 e. The number of hydrogen-bond acceptors (Lipinski definition) is 2. The molecule has 0 saturated carbocycles. The quantitative estimate of drug-likeness (QED) is 0.914. The maximum absolute atomic E-state index is 13.7. The fourth-order valence-electron chi connectivity index (χ4n) is 3.01. The lowest BCUT2D eigenvalue weighted by Gasteiger charge is -2.36. The molecule has 2 nitrogen and oxygen atoms in total. The van der Waals surface area contributed by atoms with Gasteiger partial charge < -0.3 is 5.32 Å². The molecule has 0 radical (unpaired) electrons. The number of piperazine rings is 1. The van der Waals surface area contributed by atoms with Gasteiger partial charge in [0.1, 0.15) is 6.04 Å². The van der Waals surface area contributed by atoms with Crippen molar-refractivity contribution in [3.63, 3.8) is 0 Å². The molecule has 2 aromatic rings. The molecule has 1 saturated heterocycles. The Balaban J connectivity index is 2.10. The van der Waals surface area contributed by atoms with E-state index in [-0.39, 0.29) is 0 Å². The molecule has 5 heteroatoms. The van der Waals surface area contributed by atoms with Crippen molar-refractivity contribution in [2.45, 2.75) is 12.2 Å². The summed E-state index contributed by atoms with van der Waals surface area (Å²) in [5, 5.41) is 4.63. The van der Waals surface area contributed by atoms with E-state index >= 15 is 0 Å². The second kappa shape index (κ2) is 5.66. The third-order valence-electron chi connectivity index (χ3n) is 3.94. The molecule has 0 unspecified atom stereocenters. The highest BCUT2D eigenvalue weighted by Gasteiger charge is 2.45. The third kappa shape index (κ3) is 2.89. The van der Waals surface area contributed by atoms with E-state index in [1.807, 2.05) is 18.2 Å². The van der Waals surface area contributed by atoms with Crippen LogP contribution in [0.3, 0.4) is 0 Å². The van der Waals surface area contributed by atoms with Gasteiger partial charge in [0.05, 0.1) is 0 Å². The summed E-state index contributed by atoms with van der Waals surface area (Å²) in [6, 6.07) is 10.9. The van der Waals surface area contributed by atoms with Gasteiger partial charge in [0.2, 0.25) is 0 Å². The van der Waals surface area contributed by atoms with Gasteiger partial charge in [-0.05, 0) is 16.3 Å². The highest BCUT2D eigenvalue weighted by atomic mass is 19.4. The van der Waals surface area contributed by atoms with Gasteiger partial charge in [0.15, 0.2) is 0 Å². The van der Waals surface area contributed by atoms with E-state index in [9.17, 15) is 13.2 Å². The van der Waals surface area contributed by atoms with Crippen molar-refractivity contribution in [1.82, 2.24) is 10.2 Å². The fraction of sp³-hybridized carbons (Fsp3) is 0.375. The zero-order chi connectivity index (χ0) is 14.9. The molecule has 21 heavy (non-hydrogen) atoms. The molecule has 3 rings (SSSR count). The first kappa shape index (κ1) is 14.4. The van der Waals surface area contributed by atoms with Crippen LogP contribution in [-0.2, 0) is 0 Å². The lowest BCUT2D eigenvalue weighted by atomic mass is 9.97. The largest absolute Gasteiger partial charge is 0.408 e. The Labute approximate surface area is 121 Å². The number of hydrogen-bond donors (Lipinski definition) is 1.